The fourth-order valence-electron chi connectivity index (χ4n) is 0.417. The van der Waals surface area contributed by atoms with Crippen molar-refractivity contribution in [3.05, 3.63) is 0 Å². The molecule has 0 radical (unpaired) electrons. The van der Waals surface area contributed by atoms with Crippen LogP contribution in [0.2, 0.25) is 25.2 Å². The van der Waals surface area contributed by atoms with Crippen LogP contribution in [0.15, 0.2) is 0 Å². The Balaban J connectivity index is 3.28. The number of rotatable bonds is 3. The van der Waals surface area contributed by atoms with E-state index in [-0.39, 0.29) is 9.76 Å². The molecule has 1 nitrogen and oxygen atoms in total. The standard InChI is InChI=1S/C6H18OSi2/c1-6(2)8-7-9(3,4)5/h6H,8H2,1-5H3. The van der Waals surface area contributed by atoms with Crippen molar-refractivity contribution in [1.82, 2.24) is 0 Å². The molecule has 0 aliphatic heterocycles. The molecule has 0 aromatic heterocycles. The van der Waals surface area contributed by atoms with E-state index in [1.807, 2.05) is 0 Å². The maximum Gasteiger partial charge on any atom is 0.169 e. The number of hydrogen-bond acceptors (Lipinski definition) is 1. The van der Waals surface area contributed by atoms with Crippen LogP contribution >= 0.6 is 0 Å². The van der Waals surface area contributed by atoms with E-state index in [9.17, 15) is 0 Å². The molecule has 0 rings (SSSR count). The average Bonchev–Trinajstić information content (AvgIpc) is 1.59. The third-order valence-corrected chi connectivity index (χ3v) is 5.65. The van der Waals surface area contributed by atoms with Gasteiger partial charge in [0.05, 0.1) is 0 Å². The third kappa shape index (κ3) is 8.39. The largest absolute Gasteiger partial charge is 0.460 e. The Morgan fingerprint density at radius 1 is 1.22 bits per heavy atom. The first-order chi connectivity index (χ1) is 3.92. The first kappa shape index (κ1) is 9.39. The van der Waals surface area contributed by atoms with Crippen molar-refractivity contribution in [2.45, 2.75) is 39.0 Å². The smallest absolute Gasteiger partial charge is 0.169 e. The van der Waals surface area contributed by atoms with E-state index < -0.39 is 8.32 Å². The molecule has 0 saturated carbocycles. The summed E-state index contributed by atoms with van der Waals surface area (Å²) in [6, 6.07) is 0. The monoisotopic (exact) mass is 162 g/mol. The highest BCUT2D eigenvalue weighted by atomic mass is 28.4. The van der Waals surface area contributed by atoms with Crippen LogP contribution in [0.5, 0.6) is 0 Å². The molecule has 0 aromatic carbocycles. The van der Waals surface area contributed by atoms with Crippen molar-refractivity contribution in [2.75, 3.05) is 0 Å². The van der Waals surface area contributed by atoms with Gasteiger partial charge in [-0.05, 0) is 25.2 Å². The highest BCUT2D eigenvalue weighted by Gasteiger charge is 2.13. The topological polar surface area (TPSA) is 9.23 Å². The SMILES string of the molecule is CC(C)[SiH2]O[Si](C)(C)C. The highest BCUT2D eigenvalue weighted by molar-refractivity contribution is 6.74. The van der Waals surface area contributed by atoms with Crippen LogP contribution in [0, 0.1) is 0 Å². The van der Waals surface area contributed by atoms with E-state index in [0.29, 0.717) is 0 Å². The second-order valence-corrected chi connectivity index (χ2v) is 11.2. The summed E-state index contributed by atoms with van der Waals surface area (Å²) < 4.78 is 5.77. The quantitative estimate of drug-likeness (QED) is 0.575. The van der Waals surface area contributed by atoms with Gasteiger partial charge in [-0.1, -0.05) is 13.8 Å². The molecule has 0 aliphatic rings. The third-order valence-electron chi connectivity index (χ3n) is 0.850. The molecule has 0 bridgehead atoms. The lowest BCUT2D eigenvalue weighted by Crippen LogP contribution is -2.28. The minimum absolute atomic E-state index is 0.196. The fourth-order valence-corrected chi connectivity index (χ4v) is 3.75. The van der Waals surface area contributed by atoms with Gasteiger partial charge in [0.2, 0.25) is 0 Å². The summed E-state index contributed by atoms with van der Waals surface area (Å²) in [5, 5.41) is 0. The zero-order valence-corrected chi connectivity index (χ0v) is 9.61. The predicted octanol–water partition coefficient (Wildman–Crippen LogP) is 1.75. The Labute approximate surface area is 61.9 Å². The van der Waals surface area contributed by atoms with Crippen molar-refractivity contribution in [2.24, 2.45) is 0 Å². The lowest BCUT2D eigenvalue weighted by molar-refractivity contribution is 0.583. The first-order valence-corrected chi connectivity index (χ1v) is 8.36. The first-order valence-electron chi connectivity index (χ1n) is 3.56. The van der Waals surface area contributed by atoms with Gasteiger partial charge in [-0.2, -0.15) is 0 Å². The van der Waals surface area contributed by atoms with Crippen LogP contribution in [0.4, 0.5) is 0 Å². The molecule has 0 aliphatic carbocycles. The van der Waals surface area contributed by atoms with Crippen molar-refractivity contribution in [3.63, 3.8) is 0 Å². The Kier molecular flexibility index (Phi) is 3.69. The summed E-state index contributed by atoms with van der Waals surface area (Å²) in [5.41, 5.74) is 0.816. The Hall–Kier alpha value is 0.394. The summed E-state index contributed by atoms with van der Waals surface area (Å²) >= 11 is 0. The normalized spacial score (nSPS) is 14.0. The van der Waals surface area contributed by atoms with Crippen molar-refractivity contribution in [1.29, 1.82) is 0 Å². The molecular weight excluding hydrogens is 144 g/mol. The van der Waals surface area contributed by atoms with E-state index in [2.05, 4.69) is 33.5 Å². The zero-order valence-electron chi connectivity index (χ0n) is 7.19. The summed E-state index contributed by atoms with van der Waals surface area (Å²) in [5.74, 6) is 0. The van der Waals surface area contributed by atoms with Crippen molar-refractivity contribution >= 4 is 18.1 Å². The molecule has 0 N–H and O–H groups in total. The van der Waals surface area contributed by atoms with E-state index >= 15 is 0 Å². The molecule has 0 heterocycles. The molecule has 0 amide bonds. The molecule has 0 atom stereocenters. The van der Waals surface area contributed by atoms with Gasteiger partial charge in [-0.3, -0.25) is 0 Å². The second kappa shape index (κ2) is 3.53. The highest BCUT2D eigenvalue weighted by Crippen LogP contribution is 2.06. The van der Waals surface area contributed by atoms with Gasteiger partial charge in [-0.25, -0.2) is 0 Å². The molecule has 0 spiro atoms. The summed E-state index contributed by atoms with van der Waals surface area (Å²) in [4.78, 5) is 0. The van der Waals surface area contributed by atoms with Crippen LogP contribution in [0.1, 0.15) is 13.8 Å². The van der Waals surface area contributed by atoms with Gasteiger partial charge >= 0.3 is 0 Å². The molecule has 9 heavy (non-hydrogen) atoms. The molecule has 56 valence electrons. The van der Waals surface area contributed by atoms with Crippen LogP contribution in [-0.2, 0) is 4.12 Å². The Morgan fingerprint density at radius 3 is 1.78 bits per heavy atom. The van der Waals surface area contributed by atoms with Crippen LogP contribution < -0.4 is 0 Å². The van der Waals surface area contributed by atoms with Gasteiger partial charge < -0.3 is 4.12 Å². The van der Waals surface area contributed by atoms with Crippen LogP contribution in [-0.4, -0.2) is 18.1 Å². The van der Waals surface area contributed by atoms with E-state index in [1.165, 1.54) is 0 Å². The fraction of sp³-hybridized carbons (Fsp3) is 1.00. The molecule has 0 saturated heterocycles. The maximum atomic E-state index is 5.77. The summed E-state index contributed by atoms with van der Waals surface area (Å²) in [7, 11) is -1.35. The lowest BCUT2D eigenvalue weighted by Gasteiger charge is -2.18. The van der Waals surface area contributed by atoms with E-state index in [4.69, 9.17) is 4.12 Å². The van der Waals surface area contributed by atoms with Crippen LogP contribution in [0.3, 0.4) is 0 Å². The molecule has 3 heteroatoms. The van der Waals surface area contributed by atoms with Gasteiger partial charge in [0.1, 0.15) is 9.76 Å². The van der Waals surface area contributed by atoms with Crippen molar-refractivity contribution in [3.8, 4) is 0 Å². The summed E-state index contributed by atoms with van der Waals surface area (Å²) in [6.07, 6.45) is 0. The number of hydrogen-bond donors (Lipinski definition) is 0. The molecule has 0 unspecified atom stereocenters. The van der Waals surface area contributed by atoms with Gasteiger partial charge in [0, 0.05) is 0 Å². The van der Waals surface area contributed by atoms with Crippen molar-refractivity contribution < 1.29 is 4.12 Å². The van der Waals surface area contributed by atoms with E-state index in [0.717, 1.165) is 5.54 Å². The van der Waals surface area contributed by atoms with Gasteiger partial charge in [0.25, 0.3) is 0 Å². The van der Waals surface area contributed by atoms with Crippen LogP contribution in [0.25, 0.3) is 0 Å². The maximum absolute atomic E-state index is 5.77. The lowest BCUT2D eigenvalue weighted by atomic mass is 10.6. The minimum atomic E-state index is -1.16. The van der Waals surface area contributed by atoms with Gasteiger partial charge in [0.15, 0.2) is 8.32 Å². The predicted molar refractivity (Wildman–Crippen MR) is 48.1 cm³/mol. The molecular formula is C6H18OSi2. The van der Waals surface area contributed by atoms with Gasteiger partial charge in [-0.15, -0.1) is 0 Å². The summed E-state index contributed by atoms with van der Waals surface area (Å²) in [6.45, 7) is 11.2. The average molecular weight is 162 g/mol. The Bertz CT molecular complexity index is 75.6. The van der Waals surface area contributed by atoms with E-state index in [1.54, 1.807) is 0 Å². The second-order valence-electron chi connectivity index (χ2n) is 3.82. The zero-order chi connectivity index (χ0) is 7.49. The molecule has 0 fully saturated rings. The Morgan fingerprint density at radius 2 is 1.67 bits per heavy atom. The molecule has 0 aromatic rings. The minimum Gasteiger partial charge on any atom is -0.460 e.